The van der Waals surface area contributed by atoms with Crippen molar-refractivity contribution in [2.24, 2.45) is 0 Å². The maximum Gasteiger partial charge on any atom is 0.303 e. The SMILES string of the molecule is [C-]#[N+]c1cccc(-n2cc(CCc3ccccc3)c3cc(CCC(=O)O)ccc32)c1. The first kappa shape index (κ1) is 19.5. The van der Waals surface area contributed by atoms with Crippen molar-refractivity contribution in [3.05, 3.63) is 107 Å². The minimum atomic E-state index is -0.784. The molecule has 1 N–H and O–H groups in total. The molecule has 4 nitrogen and oxygen atoms in total. The lowest BCUT2D eigenvalue weighted by molar-refractivity contribution is -0.136. The number of rotatable bonds is 7. The van der Waals surface area contributed by atoms with Crippen LogP contribution < -0.4 is 0 Å². The second kappa shape index (κ2) is 8.67. The predicted octanol–water partition coefficient (Wildman–Crippen LogP) is 5.98. The third kappa shape index (κ3) is 4.26. The van der Waals surface area contributed by atoms with Gasteiger partial charge in [-0.15, -0.1) is 0 Å². The Morgan fingerprint density at radius 2 is 1.73 bits per heavy atom. The minimum Gasteiger partial charge on any atom is -0.481 e. The highest BCUT2D eigenvalue weighted by Gasteiger charge is 2.12. The summed E-state index contributed by atoms with van der Waals surface area (Å²) in [4.78, 5) is 14.5. The van der Waals surface area contributed by atoms with Gasteiger partial charge < -0.3 is 9.67 Å². The standard InChI is InChI=1S/C26H22N2O2/c1-27-22-8-5-9-23(17-22)28-18-21(13-10-19-6-3-2-4-7-19)24-16-20(11-14-25(24)28)12-15-26(29)30/h2-9,11,14,16-18H,10,12-13,15H2,(H,29,30). The quantitative estimate of drug-likeness (QED) is 0.392. The van der Waals surface area contributed by atoms with Crippen LogP contribution >= 0.6 is 0 Å². The topological polar surface area (TPSA) is 46.6 Å². The van der Waals surface area contributed by atoms with Crippen LogP contribution in [0.25, 0.3) is 21.4 Å². The van der Waals surface area contributed by atoms with E-state index < -0.39 is 5.97 Å². The van der Waals surface area contributed by atoms with Crippen LogP contribution in [0.3, 0.4) is 0 Å². The number of hydrogen-bond acceptors (Lipinski definition) is 1. The van der Waals surface area contributed by atoms with Crippen molar-refractivity contribution >= 4 is 22.6 Å². The van der Waals surface area contributed by atoms with Gasteiger partial charge in [-0.25, -0.2) is 4.85 Å². The van der Waals surface area contributed by atoms with Crippen LogP contribution in [0.2, 0.25) is 0 Å². The van der Waals surface area contributed by atoms with Crippen LogP contribution in [0.4, 0.5) is 5.69 Å². The smallest absolute Gasteiger partial charge is 0.303 e. The van der Waals surface area contributed by atoms with Crippen molar-refractivity contribution in [3.8, 4) is 5.69 Å². The summed E-state index contributed by atoms with van der Waals surface area (Å²) in [6, 6.07) is 24.2. The Morgan fingerprint density at radius 3 is 2.50 bits per heavy atom. The normalized spacial score (nSPS) is 10.8. The molecule has 0 unspecified atom stereocenters. The summed E-state index contributed by atoms with van der Waals surface area (Å²) in [6.07, 6.45) is 4.61. The molecule has 0 aliphatic heterocycles. The second-order valence-corrected chi connectivity index (χ2v) is 7.39. The maximum atomic E-state index is 11.0. The lowest BCUT2D eigenvalue weighted by atomic mass is 10.0. The van der Waals surface area contributed by atoms with Crippen molar-refractivity contribution in [3.63, 3.8) is 0 Å². The number of fused-ring (bicyclic) bond motifs is 1. The van der Waals surface area contributed by atoms with Crippen molar-refractivity contribution in [2.45, 2.75) is 25.7 Å². The Labute approximate surface area is 175 Å². The van der Waals surface area contributed by atoms with E-state index in [9.17, 15) is 4.79 Å². The van der Waals surface area contributed by atoms with E-state index >= 15 is 0 Å². The zero-order chi connectivity index (χ0) is 20.9. The number of aromatic nitrogens is 1. The molecular formula is C26H22N2O2. The monoisotopic (exact) mass is 394 g/mol. The largest absolute Gasteiger partial charge is 0.481 e. The Morgan fingerprint density at radius 1 is 0.900 bits per heavy atom. The van der Waals surface area contributed by atoms with E-state index in [-0.39, 0.29) is 6.42 Å². The number of carboxylic acids is 1. The maximum absolute atomic E-state index is 11.0. The van der Waals surface area contributed by atoms with Gasteiger partial charge in [0.15, 0.2) is 5.69 Å². The summed E-state index contributed by atoms with van der Waals surface area (Å²) in [5, 5.41) is 10.2. The van der Waals surface area contributed by atoms with E-state index in [1.807, 2.05) is 36.4 Å². The first-order valence-corrected chi connectivity index (χ1v) is 10.0. The Kier molecular flexibility index (Phi) is 5.63. The fraction of sp³-hybridized carbons (Fsp3) is 0.154. The summed E-state index contributed by atoms with van der Waals surface area (Å²) in [7, 11) is 0. The van der Waals surface area contributed by atoms with Crippen LogP contribution in [-0.4, -0.2) is 15.6 Å². The number of aryl methyl sites for hydroxylation is 3. The van der Waals surface area contributed by atoms with Gasteiger partial charge >= 0.3 is 5.97 Å². The fourth-order valence-electron chi connectivity index (χ4n) is 3.80. The number of carbonyl (C=O) groups is 1. The molecule has 4 heteroatoms. The van der Waals surface area contributed by atoms with Gasteiger partial charge in [0.2, 0.25) is 0 Å². The number of aliphatic carboxylic acids is 1. The van der Waals surface area contributed by atoms with Crippen LogP contribution in [0.5, 0.6) is 0 Å². The number of benzene rings is 3. The molecule has 1 heterocycles. The zero-order valence-electron chi connectivity index (χ0n) is 16.6. The van der Waals surface area contributed by atoms with Gasteiger partial charge in [0, 0.05) is 23.7 Å². The Balaban J connectivity index is 1.75. The average molecular weight is 394 g/mol. The average Bonchev–Trinajstić information content (AvgIpc) is 3.15. The van der Waals surface area contributed by atoms with Crippen LogP contribution in [-0.2, 0) is 24.1 Å². The van der Waals surface area contributed by atoms with E-state index in [4.69, 9.17) is 11.7 Å². The first-order chi connectivity index (χ1) is 14.6. The number of carboxylic acid groups (broad SMARTS) is 1. The van der Waals surface area contributed by atoms with Gasteiger partial charge in [0.1, 0.15) is 0 Å². The molecule has 148 valence electrons. The van der Waals surface area contributed by atoms with Crippen molar-refractivity contribution < 1.29 is 9.90 Å². The van der Waals surface area contributed by atoms with E-state index in [0.717, 1.165) is 35.0 Å². The molecule has 30 heavy (non-hydrogen) atoms. The first-order valence-electron chi connectivity index (χ1n) is 10.0. The summed E-state index contributed by atoms with van der Waals surface area (Å²) in [5.41, 5.74) is 6.17. The van der Waals surface area contributed by atoms with Gasteiger partial charge in [-0.3, -0.25) is 4.79 Å². The second-order valence-electron chi connectivity index (χ2n) is 7.39. The van der Waals surface area contributed by atoms with E-state index in [0.29, 0.717) is 12.1 Å². The molecule has 0 saturated carbocycles. The highest BCUT2D eigenvalue weighted by Crippen LogP contribution is 2.29. The lowest BCUT2D eigenvalue weighted by Crippen LogP contribution is -1.97. The van der Waals surface area contributed by atoms with Crippen LogP contribution in [0.1, 0.15) is 23.1 Å². The van der Waals surface area contributed by atoms with Crippen molar-refractivity contribution in [1.29, 1.82) is 0 Å². The number of nitrogens with zero attached hydrogens (tertiary/aromatic N) is 2. The third-order valence-electron chi connectivity index (χ3n) is 5.34. The molecule has 0 radical (unpaired) electrons. The van der Waals surface area contributed by atoms with Gasteiger partial charge in [0.25, 0.3) is 0 Å². The van der Waals surface area contributed by atoms with Crippen molar-refractivity contribution in [2.75, 3.05) is 0 Å². The molecule has 0 saturated heterocycles. The van der Waals surface area contributed by atoms with Gasteiger partial charge in [-0.05, 0) is 60.2 Å². The fourth-order valence-corrected chi connectivity index (χ4v) is 3.80. The van der Waals surface area contributed by atoms with Crippen molar-refractivity contribution in [1.82, 2.24) is 4.57 Å². The highest BCUT2D eigenvalue weighted by atomic mass is 16.4. The lowest BCUT2D eigenvalue weighted by Gasteiger charge is -2.07. The molecule has 0 fully saturated rings. The summed E-state index contributed by atoms with van der Waals surface area (Å²) in [5.74, 6) is -0.784. The molecule has 4 rings (SSSR count). The van der Waals surface area contributed by atoms with E-state index in [2.05, 4.69) is 52.0 Å². The summed E-state index contributed by atoms with van der Waals surface area (Å²) < 4.78 is 2.13. The van der Waals surface area contributed by atoms with E-state index in [1.165, 1.54) is 11.1 Å². The molecule has 0 amide bonds. The zero-order valence-corrected chi connectivity index (χ0v) is 16.6. The van der Waals surface area contributed by atoms with Gasteiger partial charge in [-0.1, -0.05) is 48.5 Å². The molecule has 3 aromatic carbocycles. The Bertz CT molecular complexity index is 1230. The Hall–Kier alpha value is -3.84. The summed E-state index contributed by atoms with van der Waals surface area (Å²) >= 11 is 0. The van der Waals surface area contributed by atoms with Crippen LogP contribution in [0, 0.1) is 6.57 Å². The molecule has 0 bridgehead atoms. The summed E-state index contributed by atoms with van der Waals surface area (Å²) in [6.45, 7) is 7.31. The molecular weight excluding hydrogens is 372 g/mol. The van der Waals surface area contributed by atoms with Crippen LogP contribution in [0.15, 0.2) is 79.0 Å². The highest BCUT2D eigenvalue weighted by molar-refractivity contribution is 5.86. The molecule has 0 atom stereocenters. The van der Waals surface area contributed by atoms with Gasteiger partial charge in [0.05, 0.1) is 12.1 Å². The molecule has 0 aliphatic rings. The molecule has 4 aromatic rings. The van der Waals surface area contributed by atoms with Gasteiger partial charge in [-0.2, -0.15) is 0 Å². The molecule has 0 aliphatic carbocycles. The molecule has 1 aromatic heterocycles. The number of hydrogen-bond donors (Lipinski definition) is 1. The molecule has 0 spiro atoms. The third-order valence-corrected chi connectivity index (χ3v) is 5.34. The minimum absolute atomic E-state index is 0.124. The predicted molar refractivity (Wildman–Crippen MR) is 119 cm³/mol. The van der Waals surface area contributed by atoms with E-state index in [1.54, 1.807) is 0 Å².